The van der Waals surface area contributed by atoms with Crippen LogP contribution < -0.4 is 10.6 Å². The summed E-state index contributed by atoms with van der Waals surface area (Å²) in [5, 5.41) is 5.69. The Bertz CT molecular complexity index is 502. The minimum atomic E-state index is -0.403. The molecule has 1 aromatic heterocycles. The van der Waals surface area contributed by atoms with Crippen molar-refractivity contribution in [3.63, 3.8) is 0 Å². The van der Waals surface area contributed by atoms with Crippen LogP contribution in [-0.4, -0.2) is 17.1 Å². The van der Waals surface area contributed by atoms with Gasteiger partial charge in [-0.05, 0) is 55.1 Å². The van der Waals surface area contributed by atoms with Gasteiger partial charge in [0.05, 0.1) is 6.20 Å². The first-order chi connectivity index (χ1) is 9.22. The lowest BCUT2D eigenvalue weighted by Gasteiger charge is -2.11. The average Bonchev–Trinajstić information content (AvgIpc) is 2.81. The molecular weight excluding hydrogens is 245 g/mol. The van der Waals surface area contributed by atoms with Crippen molar-refractivity contribution in [1.82, 2.24) is 10.3 Å². The number of fused-ring (bicyclic) bond motifs is 5. The summed E-state index contributed by atoms with van der Waals surface area (Å²) in [7, 11) is 0. The SMILES string of the molecule is O=C(Nc1ccc(F)cn1)NC1C2C3CCC(C3)C12. The first kappa shape index (κ1) is 11.2. The molecule has 4 atom stereocenters. The minimum Gasteiger partial charge on any atom is -0.334 e. The topological polar surface area (TPSA) is 54.0 Å². The van der Waals surface area contributed by atoms with Crippen molar-refractivity contribution in [1.29, 1.82) is 0 Å². The normalized spacial score (nSPS) is 37.8. The minimum absolute atomic E-state index is 0.224. The molecule has 1 heterocycles. The van der Waals surface area contributed by atoms with E-state index in [-0.39, 0.29) is 6.03 Å². The number of urea groups is 1. The Labute approximate surface area is 110 Å². The molecule has 3 aliphatic rings. The molecule has 0 spiro atoms. The highest BCUT2D eigenvalue weighted by atomic mass is 19.1. The number of nitrogens with zero attached hydrogens (tertiary/aromatic N) is 1. The van der Waals surface area contributed by atoms with E-state index in [0.29, 0.717) is 23.7 Å². The van der Waals surface area contributed by atoms with Gasteiger partial charge in [-0.2, -0.15) is 0 Å². The standard InChI is InChI=1S/C14H16FN3O/c15-9-3-4-10(16-6-9)17-14(19)18-13-11-7-1-2-8(5-7)12(11)13/h3-4,6-8,11-13H,1-2,5H2,(H2,16,17,18,19). The second kappa shape index (κ2) is 3.92. The molecule has 4 unspecified atom stereocenters. The van der Waals surface area contributed by atoms with Gasteiger partial charge in [-0.25, -0.2) is 14.2 Å². The molecule has 0 radical (unpaired) electrons. The third-order valence-electron chi connectivity index (χ3n) is 5.00. The molecule has 4 nitrogen and oxygen atoms in total. The number of halogens is 1. The van der Waals surface area contributed by atoms with Crippen molar-refractivity contribution in [2.24, 2.45) is 23.7 Å². The fraction of sp³-hybridized carbons (Fsp3) is 0.571. The lowest BCUT2D eigenvalue weighted by Crippen LogP contribution is -2.34. The van der Waals surface area contributed by atoms with Gasteiger partial charge in [0, 0.05) is 6.04 Å². The van der Waals surface area contributed by atoms with Gasteiger partial charge in [-0.15, -0.1) is 0 Å². The van der Waals surface area contributed by atoms with Crippen molar-refractivity contribution >= 4 is 11.8 Å². The lowest BCUT2D eigenvalue weighted by atomic mass is 10.0. The molecule has 100 valence electrons. The van der Waals surface area contributed by atoms with Crippen molar-refractivity contribution in [3.8, 4) is 0 Å². The van der Waals surface area contributed by atoms with Gasteiger partial charge < -0.3 is 5.32 Å². The molecule has 2 bridgehead atoms. The number of pyridine rings is 1. The fourth-order valence-electron chi connectivity index (χ4n) is 4.27. The number of hydrogen-bond acceptors (Lipinski definition) is 2. The van der Waals surface area contributed by atoms with Crippen molar-refractivity contribution in [2.45, 2.75) is 25.3 Å². The molecule has 2 N–H and O–H groups in total. The molecule has 0 saturated heterocycles. The third-order valence-corrected chi connectivity index (χ3v) is 5.00. The van der Waals surface area contributed by atoms with Crippen LogP contribution in [0, 0.1) is 29.5 Å². The predicted molar refractivity (Wildman–Crippen MR) is 67.9 cm³/mol. The Morgan fingerprint density at radius 3 is 2.63 bits per heavy atom. The molecular formula is C14H16FN3O. The summed E-state index contributed by atoms with van der Waals surface area (Å²) in [6.45, 7) is 0. The van der Waals surface area contributed by atoms with E-state index in [0.717, 1.165) is 18.0 Å². The van der Waals surface area contributed by atoms with Crippen molar-refractivity contribution in [3.05, 3.63) is 24.1 Å². The largest absolute Gasteiger partial charge is 0.334 e. The van der Waals surface area contributed by atoms with Crippen LogP contribution >= 0.6 is 0 Å². The van der Waals surface area contributed by atoms with Crippen LogP contribution in [0.25, 0.3) is 0 Å². The zero-order valence-electron chi connectivity index (χ0n) is 10.5. The zero-order valence-corrected chi connectivity index (χ0v) is 10.5. The maximum Gasteiger partial charge on any atom is 0.320 e. The van der Waals surface area contributed by atoms with Gasteiger partial charge in [0.25, 0.3) is 0 Å². The predicted octanol–water partition coefficient (Wildman–Crippen LogP) is 2.39. The number of aromatic nitrogens is 1. The summed E-state index contributed by atoms with van der Waals surface area (Å²) >= 11 is 0. The van der Waals surface area contributed by atoms with E-state index >= 15 is 0 Å². The number of carbonyl (C=O) groups is 1. The smallest absolute Gasteiger partial charge is 0.320 e. The van der Waals surface area contributed by atoms with E-state index in [9.17, 15) is 9.18 Å². The van der Waals surface area contributed by atoms with E-state index in [1.807, 2.05) is 0 Å². The van der Waals surface area contributed by atoms with Crippen LogP contribution in [-0.2, 0) is 0 Å². The summed E-state index contributed by atoms with van der Waals surface area (Å²) in [5.74, 6) is 3.08. The molecule has 3 aliphatic carbocycles. The summed E-state index contributed by atoms with van der Waals surface area (Å²) in [5.41, 5.74) is 0. The Balaban J connectivity index is 1.35. The van der Waals surface area contributed by atoms with Crippen LogP contribution in [0.15, 0.2) is 18.3 Å². The average molecular weight is 261 g/mol. The third kappa shape index (κ3) is 1.79. The number of amides is 2. The summed E-state index contributed by atoms with van der Waals surface area (Å²) < 4.78 is 12.7. The number of rotatable bonds is 2. The number of hydrogen-bond donors (Lipinski definition) is 2. The molecule has 0 aliphatic heterocycles. The maximum absolute atomic E-state index is 12.7. The van der Waals surface area contributed by atoms with Crippen LogP contribution in [0.3, 0.4) is 0 Å². The highest BCUT2D eigenvalue weighted by molar-refractivity contribution is 5.88. The van der Waals surface area contributed by atoms with Crippen LogP contribution in [0.4, 0.5) is 15.0 Å². The number of carbonyl (C=O) groups excluding carboxylic acids is 1. The van der Waals surface area contributed by atoms with Gasteiger partial charge in [0.2, 0.25) is 0 Å². The summed E-state index contributed by atoms with van der Waals surface area (Å²) in [6.07, 6.45) is 5.15. The van der Waals surface area contributed by atoms with Gasteiger partial charge in [0.1, 0.15) is 11.6 Å². The molecule has 3 saturated carbocycles. The van der Waals surface area contributed by atoms with Gasteiger partial charge in [0.15, 0.2) is 0 Å². The molecule has 2 amide bonds. The van der Waals surface area contributed by atoms with Crippen LogP contribution in [0.2, 0.25) is 0 Å². The van der Waals surface area contributed by atoms with E-state index in [1.54, 1.807) is 0 Å². The van der Waals surface area contributed by atoms with E-state index in [4.69, 9.17) is 0 Å². The van der Waals surface area contributed by atoms with E-state index in [2.05, 4.69) is 15.6 Å². The Morgan fingerprint density at radius 2 is 2.00 bits per heavy atom. The fourth-order valence-corrected chi connectivity index (χ4v) is 4.27. The number of nitrogens with one attached hydrogen (secondary N) is 2. The van der Waals surface area contributed by atoms with E-state index in [1.165, 1.54) is 31.4 Å². The van der Waals surface area contributed by atoms with Crippen molar-refractivity contribution in [2.75, 3.05) is 5.32 Å². The molecule has 1 aromatic rings. The van der Waals surface area contributed by atoms with Gasteiger partial charge in [-0.3, -0.25) is 5.32 Å². The second-order valence-electron chi connectivity index (χ2n) is 5.97. The molecule has 0 aromatic carbocycles. The van der Waals surface area contributed by atoms with E-state index < -0.39 is 5.82 Å². The highest BCUT2D eigenvalue weighted by Crippen LogP contribution is 2.65. The molecule has 3 fully saturated rings. The summed E-state index contributed by atoms with van der Waals surface area (Å²) in [4.78, 5) is 15.7. The molecule has 4 rings (SSSR count). The Kier molecular flexibility index (Phi) is 2.31. The second-order valence-corrected chi connectivity index (χ2v) is 5.97. The van der Waals surface area contributed by atoms with Crippen molar-refractivity contribution < 1.29 is 9.18 Å². The summed E-state index contributed by atoms with van der Waals surface area (Å²) in [6, 6.07) is 2.88. The first-order valence-electron chi connectivity index (χ1n) is 6.91. The maximum atomic E-state index is 12.7. The molecule has 19 heavy (non-hydrogen) atoms. The van der Waals surface area contributed by atoms with Gasteiger partial charge in [-0.1, -0.05) is 0 Å². The van der Waals surface area contributed by atoms with Gasteiger partial charge >= 0.3 is 6.03 Å². The first-order valence-corrected chi connectivity index (χ1v) is 6.91. The number of anilines is 1. The highest BCUT2D eigenvalue weighted by Gasteiger charge is 2.65. The lowest BCUT2D eigenvalue weighted by molar-refractivity contribution is 0.249. The monoisotopic (exact) mass is 261 g/mol. The Morgan fingerprint density at radius 1 is 1.26 bits per heavy atom. The Hall–Kier alpha value is -1.65. The quantitative estimate of drug-likeness (QED) is 0.858. The van der Waals surface area contributed by atoms with Crippen LogP contribution in [0.1, 0.15) is 19.3 Å². The zero-order chi connectivity index (χ0) is 13.0. The van der Waals surface area contributed by atoms with Crippen LogP contribution in [0.5, 0.6) is 0 Å². The molecule has 5 heteroatoms.